The van der Waals surface area contributed by atoms with Gasteiger partial charge in [-0.25, -0.2) is 0 Å². The van der Waals surface area contributed by atoms with Crippen LogP contribution in [0.15, 0.2) is 65.8 Å². The van der Waals surface area contributed by atoms with Crippen LogP contribution in [0.5, 0.6) is 0 Å². The standard InChI is InChI=1S/C20H25N3O/c1-4-23(5-2)20(17-12-8-6-9-13-17)19(16(3)24)22-21-18-14-10-7-11-15-18/h6-15,20-21H,4-5H2,1-3H3/b22-19-. The normalized spacial score (nSPS) is 12.9. The third-order valence-electron chi connectivity index (χ3n) is 3.99. The van der Waals surface area contributed by atoms with Crippen LogP contribution in [0.3, 0.4) is 0 Å². The van der Waals surface area contributed by atoms with Gasteiger partial charge in [-0.3, -0.25) is 15.1 Å². The lowest BCUT2D eigenvalue weighted by Crippen LogP contribution is -2.37. The molecule has 1 N–H and O–H groups in total. The Labute approximate surface area is 144 Å². The molecule has 0 spiro atoms. The highest BCUT2D eigenvalue weighted by atomic mass is 16.1. The summed E-state index contributed by atoms with van der Waals surface area (Å²) < 4.78 is 0. The highest BCUT2D eigenvalue weighted by molar-refractivity contribution is 6.41. The minimum atomic E-state index is -0.157. The second-order valence-electron chi connectivity index (χ2n) is 5.57. The number of hydrogen-bond donors (Lipinski definition) is 1. The van der Waals surface area contributed by atoms with Crippen molar-refractivity contribution in [2.24, 2.45) is 5.10 Å². The number of para-hydroxylation sites is 1. The number of hydrogen-bond acceptors (Lipinski definition) is 4. The Morgan fingerprint density at radius 3 is 2.04 bits per heavy atom. The van der Waals surface area contributed by atoms with Crippen LogP contribution in [0.2, 0.25) is 0 Å². The van der Waals surface area contributed by atoms with Gasteiger partial charge in [0.05, 0.1) is 11.7 Å². The van der Waals surface area contributed by atoms with Crippen molar-refractivity contribution >= 4 is 17.2 Å². The molecule has 2 aromatic carbocycles. The number of Topliss-reactive ketones (excluding diaryl/α,β-unsaturated/α-hetero) is 1. The first-order chi connectivity index (χ1) is 11.7. The van der Waals surface area contributed by atoms with Gasteiger partial charge in [-0.05, 0) is 30.8 Å². The molecule has 24 heavy (non-hydrogen) atoms. The summed E-state index contributed by atoms with van der Waals surface area (Å²) in [6.07, 6.45) is 0. The first kappa shape index (κ1) is 17.9. The predicted octanol–water partition coefficient (Wildman–Crippen LogP) is 4.13. The molecule has 0 amide bonds. The number of ketones is 1. The Kier molecular flexibility index (Phi) is 6.70. The Morgan fingerprint density at radius 1 is 1.00 bits per heavy atom. The molecule has 0 radical (unpaired) electrons. The molecule has 1 unspecified atom stereocenters. The summed E-state index contributed by atoms with van der Waals surface area (Å²) in [5.74, 6) is -0.0285. The van der Waals surface area contributed by atoms with E-state index in [1.165, 1.54) is 0 Å². The van der Waals surface area contributed by atoms with Gasteiger partial charge in [0.1, 0.15) is 5.71 Å². The van der Waals surface area contributed by atoms with Gasteiger partial charge in [-0.2, -0.15) is 5.10 Å². The van der Waals surface area contributed by atoms with E-state index in [-0.39, 0.29) is 11.8 Å². The average molecular weight is 323 g/mol. The van der Waals surface area contributed by atoms with E-state index < -0.39 is 0 Å². The fraction of sp³-hybridized carbons (Fsp3) is 0.300. The van der Waals surface area contributed by atoms with Crippen molar-refractivity contribution in [2.75, 3.05) is 18.5 Å². The van der Waals surface area contributed by atoms with Crippen molar-refractivity contribution in [2.45, 2.75) is 26.8 Å². The molecular formula is C20H25N3O. The van der Waals surface area contributed by atoms with Crippen molar-refractivity contribution < 1.29 is 4.79 Å². The number of carbonyl (C=O) groups is 1. The van der Waals surface area contributed by atoms with Crippen molar-refractivity contribution in [3.8, 4) is 0 Å². The zero-order valence-corrected chi connectivity index (χ0v) is 14.6. The van der Waals surface area contributed by atoms with Gasteiger partial charge >= 0.3 is 0 Å². The van der Waals surface area contributed by atoms with Crippen LogP contribution in [0, 0.1) is 0 Å². The van der Waals surface area contributed by atoms with Gasteiger partial charge in [0, 0.05) is 6.92 Å². The number of nitrogens with zero attached hydrogens (tertiary/aromatic N) is 2. The topological polar surface area (TPSA) is 44.7 Å². The van der Waals surface area contributed by atoms with Crippen LogP contribution < -0.4 is 5.43 Å². The zero-order valence-electron chi connectivity index (χ0n) is 14.6. The van der Waals surface area contributed by atoms with Gasteiger partial charge in [-0.1, -0.05) is 62.4 Å². The van der Waals surface area contributed by atoms with E-state index in [1.807, 2.05) is 60.7 Å². The molecule has 2 rings (SSSR count). The molecule has 0 saturated carbocycles. The van der Waals surface area contributed by atoms with E-state index in [1.54, 1.807) is 6.92 Å². The zero-order chi connectivity index (χ0) is 17.4. The van der Waals surface area contributed by atoms with Gasteiger partial charge in [0.15, 0.2) is 5.78 Å². The van der Waals surface area contributed by atoms with Gasteiger partial charge in [-0.15, -0.1) is 0 Å². The molecule has 0 saturated heterocycles. The fourth-order valence-corrected chi connectivity index (χ4v) is 2.74. The maximum Gasteiger partial charge on any atom is 0.177 e. The van der Waals surface area contributed by atoms with E-state index in [2.05, 4.69) is 29.3 Å². The molecule has 4 nitrogen and oxygen atoms in total. The van der Waals surface area contributed by atoms with Crippen molar-refractivity contribution in [1.82, 2.24) is 4.90 Å². The minimum Gasteiger partial charge on any atom is -0.293 e. The number of anilines is 1. The molecule has 4 heteroatoms. The summed E-state index contributed by atoms with van der Waals surface area (Å²) in [5.41, 5.74) is 5.48. The summed E-state index contributed by atoms with van der Waals surface area (Å²) in [6, 6.07) is 19.6. The maximum absolute atomic E-state index is 12.3. The van der Waals surface area contributed by atoms with Gasteiger partial charge in [0.2, 0.25) is 0 Å². The molecule has 2 aromatic rings. The molecule has 0 bridgehead atoms. The Bertz CT molecular complexity index is 664. The van der Waals surface area contributed by atoms with Gasteiger partial charge in [0.25, 0.3) is 0 Å². The summed E-state index contributed by atoms with van der Waals surface area (Å²) in [4.78, 5) is 14.6. The van der Waals surface area contributed by atoms with Gasteiger partial charge < -0.3 is 0 Å². The van der Waals surface area contributed by atoms with Crippen LogP contribution in [-0.4, -0.2) is 29.5 Å². The predicted molar refractivity (Wildman–Crippen MR) is 100 cm³/mol. The number of benzene rings is 2. The van der Waals surface area contributed by atoms with Crippen molar-refractivity contribution in [3.63, 3.8) is 0 Å². The van der Waals surface area contributed by atoms with Crippen LogP contribution >= 0.6 is 0 Å². The third kappa shape index (κ3) is 4.52. The second kappa shape index (κ2) is 8.99. The average Bonchev–Trinajstić information content (AvgIpc) is 2.62. The minimum absolute atomic E-state index is 0.0285. The molecular weight excluding hydrogens is 298 g/mol. The molecule has 1 atom stereocenters. The number of carbonyl (C=O) groups excluding carboxylic acids is 1. The summed E-state index contributed by atoms with van der Waals surface area (Å²) >= 11 is 0. The first-order valence-electron chi connectivity index (χ1n) is 8.35. The van der Waals surface area contributed by atoms with E-state index in [9.17, 15) is 4.79 Å². The molecule has 0 fully saturated rings. The summed E-state index contributed by atoms with van der Waals surface area (Å²) in [5, 5.41) is 4.46. The quantitative estimate of drug-likeness (QED) is 0.587. The molecule has 0 heterocycles. The number of nitrogens with one attached hydrogen (secondary N) is 1. The lowest BCUT2D eigenvalue weighted by molar-refractivity contribution is -0.111. The highest BCUT2D eigenvalue weighted by Crippen LogP contribution is 2.23. The molecule has 126 valence electrons. The van der Waals surface area contributed by atoms with E-state index in [0.29, 0.717) is 5.71 Å². The molecule has 0 aromatic heterocycles. The Hall–Kier alpha value is -2.46. The lowest BCUT2D eigenvalue weighted by atomic mass is 9.98. The fourth-order valence-electron chi connectivity index (χ4n) is 2.74. The number of hydrazone groups is 1. The van der Waals surface area contributed by atoms with Crippen LogP contribution in [0.4, 0.5) is 5.69 Å². The second-order valence-corrected chi connectivity index (χ2v) is 5.57. The van der Waals surface area contributed by atoms with E-state index in [0.717, 1.165) is 24.3 Å². The summed E-state index contributed by atoms with van der Waals surface area (Å²) in [6.45, 7) is 7.45. The Morgan fingerprint density at radius 2 is 1.54 bits per heavy atom. The molecule has 0 aliphatic carbocycles. The van der Waals surface area contributed by atoms with Crippen molar-refractivity contribution in [3.05, 3.63) is 66.2 Å². The Balaban J connectivity index is 2.40. The third-order valence-corrected chi connectivity index (χ3v) is 3.99. The smallest absolute Gasteiger partial charge is 0.177 e. The van der Waals surface area contributed by atoms with Crippen LogP contribution in [0.1, 0.15) is 32.4 Å². The largest absolute Gasteiger partial charge is 0.293 e. The SMILES string of the molecule is CCN(CC)C(/C(=N\Nc1ccccc1)C(C)=O)c1ccccc1. The first-order valence-corrected chi connectivity index (χ1v) is 8.35. The van der Waals surface area contributed by atoms with E-state index in [4.69, 9.17) is 0 Å². The van der Waals surface area contributed by atoms with E-state index >= 15 is 0 Å². The monoisotopic (exact) mass is 323 g/mol. The van der Waals surface area contributed by atoms with Crippen LogP contribution in [-0.2, 0) is 4.79 Å². The maximum atomic E-state index is 12.3. The molecule has 0 aliphatic rings. The van der Waals surface area contributed by atoms with Crippen LogP contribution in [0.25, 0.3) is 0 Å². The number of rotatable bonds is 8. The highest BCUT2D eigenvalue weighted by Gasteiger charge is 2.26. The van der Waals surface area contributed by atoms with Crippen molar-refractivity contribution in [1.29, 1.82) is 0 Å². The lowest BCUT2D eigenvalue weighted by Gasteiger charge is -2.30. The molecule has 0 aliphatic heterocycles. The summed E-state index contributed by atoms with van der Waals surface area (Å²) in [7, 11) is 0.